The lowest BCUT2D eigenvalue weighted by Gasteiger charge is -2.18. The molecule has 0 amide bonds. The molecule has 0 rings (SSSR count). The number of unbranched alkanes of at least 4 members (excludes halogenated alkanes) is 24. The fourth-order valence-corrected chi connectivity index (χ4v) is 6.77. The van der Waals surface area contributed by atoms with Gasteiger partial charge >= 0.3 is 17.9 Å². The van der Waals surface area contributed by atoms with Gasteiger partial charge in [-0.25, -0.2) is 0 Å². The van der Waals surface area contributed by atoms with Crippen molar-refractivity contribution in [3.8, 4) is 0 Å². The van der Waals surface area contributed by atoms with Crippen molar-refractivity contribution in [2.75, 3.05) is 13.2 Å². The van der Waals surface area contributed by atoms with Gasteiger partial charge in [-0.15, -0.1) is 0 Å². The predicted octanol–water partition coefficient (Wildman–Crippen LogP) is 16.4. The number of hydrogen-bond acceptors (Lipinski definition) is 6. The van der Waals surface area contributed by atoms with E-state index in [2.05, 4.69) is 45.1 Å². The first-order chi connectivity index (χ1) is 30.0. The molecule has 0 aromatic heterocycles. The Bertz CT molecular complexity index is 1200. The van der Waals surface area contributed by atoms with Crippen LogP contribution in [0.4, 0.5) is 0 Å². The maximum Gasteiger partial charge on any atom is 0.306 e. The molecular formula is C55H92O6. The SMILES string of the molecule is CC\C=C/C=C\C=C/C=C\C=C\C=C/CCCCCC(=O)OCC(COC(=O)CCC/C=C\CCCCCC)OC(=O)CCCCCCCCCCCCCCCCCCC. The van der Waals surface area contributed by atoms with E-state index < -0.39 is 6.10 Å². The Hall–Kier alpha value is -3.41. The Morgan fingerprint density at radius 1 is 0.344 bits per heavy atom. The molecule has 0 aliphatic carbocycles. The first-order valence-corrected chi connectivity index (χ1v) is 25.2. The van der Waals surface area contributed by atoms with Gasteiger partial charge in [-0.3, -0.25) is 14.4 Å². The van der Waals surface area contributed by atoms with E-state index in [1.165, 1.54) is 116 Å². The van der Waals surface area contributed by atoms with Gasteiger partial charge < -0.3 is 14.2 Å². The van der Waals surface area contributed by atoms with Crippen molar-refractivity contribution in [3.63, 3.8) is 0 Å². The van der Waals surface area contributed by atoms with Crippen LogP contribution in [0, 0.1) is 0 Å². The summed E-state index contributed by atoms with van der Waals surface area (Å²) in [6.45, 7) is 6.39. The van der Waals surface area contributed by atoms with E-state index in [-0.39, 0.29) is 31.1 Å². The highest BCUT2D eigenvalue weighted by molar-refractivity contribution is 5.71. The van der Waals surface area contributed by atoms with Gasteiger partial charge in [0.15, 0.2) is 6.10 Å². The summed E-state index contributed by atoms with van der Waals surface area (Å²) in [5.41, 5.74) is 0. The molecule has 0 saturated heterocycles. The van der Waals surface area contributed by atoms with Crippen LogP contribution >= 0.6 is 0 Å². The standard InChI is InChI=1S/C55H92O6/c1-4-7-10-13-16-19-21-23-25-27-29-31-33-36-39-42-45-48-54(57)60-51-52(50-59-53(56)47-44-41-38-35-18-15-12-9-6-3)61-55(58)49-46-43-40-37-34-32-30-28-26-24-22-20-17-14-11-8-5-2/h7,10,13,16,19,21,23,25,27,29,31,33,35,38,52H,4-6,8-9,11-12,14-15,17-18,20,22,24,26,28,30,32,34,36-37,39-51H2,1-3H3/b10-7-,16-13-,21-19-,25-23-,29-27+,33-31-,38-35-. The van der Waals surface area contributed by atoms with E-state index >= 15 is 0 Å². The molecule has 1 unspecified atom stereocenters. The molecule has 0 radical (unpaired) electrons. The summed E-state index contributed by atoms with van der Waals surface area (Å²) in [5, 5.41) is 0. The lowest BCUT2D eigenvalue weighted by Crippen LogP contribution is -2.30. The van der Waals surface area contributed by atoms with Gasteiger partial charge in [0.2, 0.25) is 0 Å². The van der Waals surface area contributed by atoms with E-state index in [9.17, 15) is 14.4 Å². The summed E-state index contributed by atoms with van der Waals surface area (Å²) in [5.74, 6) is -0.982. The summed E-state index contributed by atoms with van der Waals surface area (Å²) in [6.07, 6.45) is 62.9. The molecule has 348 valence electrons. The molecule has 0 aromatic carbocycles. The van der Waals surface area contributed by atoms with Crippen molar-refractivity contribution in [3.05, 3.63) is 85.1 Å². The van der Waals surface area contributed by atoms with Gasteiger partial charge in [-0.05, 0) is 57.8 Å². The molecule has 0 saturated carbocycles. The summed E-state index contributed by atoms with van der Waals surface area (Å²) < 4.78 is 16.7. The van der Waals surface area contributed by atoms with Crippen LogP contribution in [-0.4, -0.2) is 37.2 Å². The highest BCUT2D eigenvalue weighted by Crippen LogP contribution is 2.15. The van der Waals surface area contributed by atoms with Crippen LogP contribution in [0.3, 0.4) is 0 Å². The zero-order valence-electron chi connectivity index (χ0n) is 39.7. The molecule has 0 heterocycles. The van der Waals surface area contributed by atoms with E-state index in [0.29, 0.717) is 25.7 Å². The predicted molar refractivity (Wildman–Crippen MR) is 261 cm³/mol. The van der Waals surface area contributed by atoms with Crippen molar-refractivity contribution in [2.24, 2.45) is 0 Å². The van der Waals surface area contributed by atoms with Gasteiger partial charge in [0, 0.05) is 19.3 Å². The van der Waals surface area contributed by atoms with Gasteiger partial charge in [-0.1, -0.05) is 234 Å². The second-order valence-electron chi connectivity index (χ2n) is 16.5. The second-order valence-corrected chi connectivity index (χ2v) is 16.5. The zero-order chi connectivity index (χ0) is 44.4. The molecule has 0 bridgehead atoms. The molecule has 0 aliphatic heterocycles. The number of allylic oxidation sites excluding steroid dienone is 14. The Kier molecular flexibility index (Phi) is 46.5. The minimum Gasteiger partial charge on any atom is -0.462 e. The van der Waals surface area contributed by atoms with Crippen molar-refractivity contribution >= 4 is 17.9 Å². The third-order valence-corrected chi connectivity index (χ3v) is 10.5. The maximum atomic E-state index is 12.8. The molecule has 0 spiro atoms. The first-order valence-electron chi connectivity index (χ1n) is 25.2. The molecule has 61 heavy (non-hydrogen) atoms. The van der Waals surface area contributed by atoms with Crippen molar-refractivity contribution in [1.29, 1.82) is 0 Å². The Labute approximate surface area is 375 Å². The molecule has 0 aromatic rings. The fraction of sp³-hybridized carbons (Fsp3) is 0.691. The van der Waals surface area contributed by atoms with E-state index in [1.54, 1.807) is 0 Å². The molecular weight excluding hydrogens is 757 g/mol. The maximum absolute atomic E-state index is 12.8. The molecule has 0 N–H and O–H groups in total. The van der Waals surface area contributed by atoms with Gasteiger partial charge in [0.05, 0.1) is 0 Å². The van der Waals surface area contributed by atoms with Crippen LogP contribution in [0.5, 0.6) is 0 Å². The highest BCUT2D eigenvalue weighted by Gasteiger charge is 2.19. The smallest absolute Gasteiger partial charge is 0.306 e. The molecule has 6 nitrogen and oxygen atoms in total. The topological polar surface area (TPSA) is 78.9 Å². The third kappa shape index (κ3) is 47.5. The van der Waals surface area contributed by atoms with Crippen LogP contribution in [0.25, 0.3) is 0 Å². The number of rotatable bonds is 44. The van der Waals surface area contributed by atoms with Crippen LogP contribution < -0.4 is 0 Å². The number of esters is 3. The largest absolute Gasteiger partial charge is 0.462 e. The van der Waals surface area contributed by atoms with E-state index in [4.69, 9.17) is 14.2 Å². The van der Waals surface area contributed by atoms with Gasteiger partial charge in [-0.2, -0.15) is 0 Å². The monoisotopic (exact) mass is 849 g/mol. The van der Waals surface area contributed by atoms with Crippen molar-refractivity contribution < 1.29 is 28.6 Å². The average molecular weight is 849 g/mol. The molecule has 0 aliphatic rings. The molecule has 0 fully saturated rings. The summed E-state index contributed by atoms with van der Waals surface area (Å²) in [7, 11) is 0. The quantitative estimate of drug-likeness (QED) is 0.0200. The highest BCUT2D eigenvalue weighted by atomic mass is 16.6. The summed E-state index contributed by atoms with van der Waals surface area (Å²) in [4.78, 5) is 37.8. The number of hydrogen-bond donors (Lipinski definition) is 0. The summed E-state index contributed by atoms with van der Waals surface area (Å²) in [6, 6.07) is 0. The van der Waals surface area contributed by atoms with Crippen LogP contribution in [-0.2, 0) is 28.6 Å². The second kappa shape index (κ2) is 49.2. The van der Waals surface area contributed by atoms with E-state index in [0.717, 1.165) is 64.2 Å². The lowest BCUT2D eigenvalue weighted by atomic mass is 10.0. The van der Waals surface area contributed by atoms with Gasteiger partial charge in [0.1, 0.15) is 13.2 Å². The Balaban J connectivity index is 4.43. The lowest BCUT2D eigenvalue weighted by molar-refractivity contribution is -0.167. The van der Waals surface area contributed by atoms with Gasteiger partial charge in [0.25, 0.3) is 0 Å². The number of carbonyl (C=O) groups excluding carboxylic acids is 3. The average Bonchev–Trinajstić information content (AvgIpc) is 3.26. The van der Waals surface area contributed by atoms with Crippen LogP contribution in [0.15, 0.2) is 85.1 Å². The Morgan fingerprint density at radius 3 is 1.13 bits per heavy atom. The minimum absolute atomic E-state index is 0.105. The molecule has 6 heteroatoms. The fourth-order valence-electron chi connectivity index (χ4n) is 6.77. The van der Waals surface area contributed by atoms with Crippen LogP contribution in [0.1, 0.15) is 226 Å². The van der Waals surface area contributed by atoms with Crippen molar-refractivity contribution in [1.82, 2.24) is 0 Å². The molecule has 1 atom stereocenters. The minimum atomic E-state index is -0.803. The first kappa shape index (κ1) is 57.6. The normalized spacial score (nSPS) is 12.8. The zero-order valence-corrected chi connectivity index (χ0v) is 39.7. The third-order valence-electron chi connectivity index (χ3n) is 10.5. The van der Waals surface area contributed by atoms with Crippen molar-refractivity contribution in [2.45, 2.75) is 232 Å². The number of carbonyl (C=O) groups is 3. The summed E-state index contributed by atoms with van der Waals surface area (Å²) >= 11 is 0. The number of ether oxygens (including phenoxy) is 3. The van der Waals surface area contributed by atoms with Crippen LogP contribution in [0.2, 0.25) is 0 Å². The Morgan fingerprint density at radius 2 is 0.672 bits per heavy atom. The van der Waals surface area contributed by atoms with E-state index in [1.807, 2.05) is 60.8 Å².